The summed E-state index contributed by atoms with van der Waals surface area (Å²) in [6.07, 6.45) is 5.81. The Hall–Kier alpha value is -0.120. The number of fused-ring (bicyclic) bond motifs is 2. The van der Waals surface area contributed by atoms with Crippen LogP contribution >= 0.6 is 0 Å². The zero-order chi connectivity index (χ0) is 8.39. The Bertz CT molecular complexity index is 151. The molecule has 0 spiro atoms. The van der Waals surface area contributed by atoms with Gasteiger partial charge in [-0.25, -0.2) is 0 Å². The fraction of sp³-hybridized carbons (Fsp3) is 1.00. The van der Waals surface area contributed by atoms with Crippen molar-refractivity contribution < 1.29 is 9.57 Å². The lowest BCUT2D eigenvalue weighted by molar-refractivity contribution is -0.0724. The lowest BCUT2D eigenvalue weighted by atomic mass is 10.1. The Morgan fingerprint density at radius 3 is 3.00 bits per heavy atom. The van der Waals surface area contributed by atoms with E-state index in [-0.39, 0.29) is 0 Å². The van der Waals surface area contributed by atoms with Crippen molar-refractivity contribution in [1.82, 2.24) is 5.48 Å². The summed E-state index contributed by atoms with van der Waals surface area (Å²) in [5, 5.41) is 0. The molecule has 0 aliphatic carbocycles. The molecular weight excluding hydrogens is 154 g/mol. The predicted octanol–water partition coefficient (Wildman–Crippen LogP) is 1.24. The lowest BCUT2D eigenvalue weighted by Crippen LogP contribution is -2.42. The number of hydroxylamine groups is 1. The van der Waals surface area contributed by atoms with Crippen molar-refractivity contribution in [2.75, 3.05) is 6.61 Å². The SMILES string of the molecule is CCONC1CCC2CCC1O2. The molecule has 0 aromatic carbocycles. The van der Waals surface area contributed by atoms with E-state index in [1.807, 2.05) is 6.92 Å². The summed E-state index contributed by atoms with van der Waals surface area (Å²) in [5.41, 5.74) is 3.07. The quantitative estimate of drug-likeness (QED) is 0.648. The van der Waals surface area contributed by atoms with Crippen LogP contribution in [-0.2, 0) is 9.57 Å². The van der Waals surface area contributed by atoms with Gasteiger partial charge in [-0.1, -0.05) is 0 Å². The Kier molecular flexibility index (Phi) is 2.63. The van der Waals surface area contributed by atoms with Crippen LogP contribution in [0.5, 0.6) is 0 Å². The van der Waals surface area contributed by atoms with Gasteiger partial charge in [-0.3, -0.25) is 0 Å². The molecule has 2 saturated heterocycles. The second-order valence-corrected chi connectivity index (χ2v) is 3.61. The van der Waals surface area contributed by atoms with E-state index in [9.17, 15) is 0 Å². The molecule has 2 aliphatic heterocycles. The van der Waals surface area contributed by atoms with Gasteiger partial charge in [0.15, 0.2) is 0 Å². The monoisotopic (exact) mass is 171 g/mol. The Labute approximate surface area is 73.4 Å². The summed E-state index contributed by atoms with van der Waals surface area (Å²) in [6.45, 7) is 2.72. The van der Waals surface area contributed by atoms with Crippen LogP contribution in [-0.4, -0.2) is 24.9 Å². The van der Waals surface area contributed by atoms with Crippen molar-refractivity contribution in [3.05, 3.63) is 0 Å². The number of nitrogens with one attached hydrogen (secondary N) is 1. The molecule has 1 N–H and O–H groups in total. The van der Waals surface area contributed by atoms with Gasteiger partial charge in [0.1, 0.15) is 0 Å². The third-order valence-corrected chi connectivity index (χ3v) is 2.77. The maximum absolute atomic E-state index is 5.76. The standard InChI is InChI=1S/C9H17NO2/c1-2-11-10-8-5-3-7-4-6-9(8)12-7/h7-10H,2-6H2,1H3. The molecule has 0 aromatic rings. The highest BCUT2D eigenvalue weighted by Gasteiger charge is 2.36. The molecule has 0 amide bonds. The molecule has 3 heteroatoms. The topological polar surface area (TPSA) is 30.5 Å². The second-order valence-electron chi connectivity index (χ2n) is 3.61. The van der Waals surface area contributed by atoms with Crippen molar-refractivity contribution in [2.24, 2.45) is 0 Å². The van der Waals surface area contributed by atoms with E-state index in [4.69, 9.17) is 9.57 Å². The molecule has 2 fully saturated rings. The third kappa shape index (κ3) is 1.63. The van der Waals surface area contributed by atoms with Crippen LogP contribution in [0.25, 0.3) is 0 Å². The van der Waals surface area contributed by atoms with Crippen molar-refractivity contribution in [2.45, 2.75) is 50.9 Å². The first-order chi connectivity index (χ1) is 5.90. The van der Waals surface area contributed by atoms with Gasteiger partial charge >= 0.3 is 0 Å². The van der Waals surface area contributed by atoms with E-state index < -0.39 is 0 Å². The van der Waals surface area contributed by atoms with E-state index in [0.29, 0.717) is 18.2 Å². The van der Waals surface area contributed by atoms with Gasteiger partial charge in [-0.2, -0.15) is 5.48 Å². The van der Waals surface area contributed by atoms with Crippen molar-refractivity contribution in [3.63, 3.8) is 0 Å². The fourth-order valence-corrected chi connectivity index (χ4v) is 2.12. The first kappa shape index (κ1) is 8.48. The first-order valence-electron chi connectivity index (χ1n) is 4.93. The van der Waals surface area contributed by atoms with Crippen LogP contribution < -0.4 is 5.48 Å². The van der Waals surface area contributed by atoms with Gasteiger partial charge in [-0.15, -0.1) is 0 Å². The van der Waals surface area contributed by atoms with Gasteiger partial charge in [0.05, 0.1) is 24.9 Å². The average Bonchev–Trinajstić information content (AvgIpc) is 2.48. The maximum Gasteiger partial charge on any atom is 0.0755 e. The molecule has 3 unspecified atom stereocenters. The number of hydrogen-bond donors (Lipinski definition) is 1. The van der Waals surface area contributed by atoms with Crippen LogP contribution in [0.15, 0.2) is 0 Å². The highest BCUT2D eigenvalue weighted by Crippen LogP contribution is 2.32. The fourth-order valence-electron chi connectivity index (χ4n) is 2.12. The molecule has 2 rings (SSSR count). The molecule has 0 saturated carbocycles. The minimum absolute atomic E-state index is 0.412. The Balaban J connectivity index is 1.81. The van der Waals surface area contributed by atoms with Gasteiger partial charge in [0, 0.05) is 0 Å². The van der Waals surface area contributed by atoms with Gasteiger partial charge in [0.25, 0.3) is 0 Å². The van der Waals surface area contributed by atoms with E-state index in [1.165, 1.54) is 25.7 Å². The van der Waals surface area contributed by atoms with Gasteiger partial charge in [0.2, 0.25) is 0 Å². The highest BCUT2D eigenvalue weighted by atomic mass is 16.6. The summed E-state index contributed by atoms with van der Waals surface area (Å²) in [7, 11) is 0. The largest absolute Gasteiger partial charge is 0.373 e. The summed E-state index contributed by atoms with van der Waals surface area (Å²) in [5.74, 6) is 0. The van der Waals surface area contributed by atoms with Crippen LogP contribution in [0.2, 0.25) is 0 Å². The van der Waals surface area contributed by atoms with Crippen LogP contribution in [0.1, 0.15) is 32.6 Å². The third-order valence-electron chi connectivity index (χ3n) is 2.77. The minimum Gasteiger partial charge on any atom is -0.373 e. The molecule has 70 valence electrons. The highest BCUT2D eigenvalue weighted by molar-refractivity contribution is 4.88. The summed E-state index contributed by atoms with van der Waals surface area (Å²) >= 11 is 0. The molecular formula is C9H17NO2. The van der Waals surface area contributed by atoms with Gasteiger partial charge < -0.3 is 9.57 Å². The van der Waals surface area contributed by atoms with E-state index in [2.05, 4.69) is 5.48 Å². The van der Waals surface area contributed by atoms with Crippen molar-refractivity contribution in [3.8, 4) is 0 Å². The molecule has 3 nitrogen and oxygen atoms in total. The van der Waals surface area contributed by atoms with Gasteiger partial charge in [-0.05, 0) is 32.6 Å². The van der Waals surface area contributed by atoms with Crippen molar-refractivity contribution >= 4 is 0 Å². The van der Waals surface area contributed by atoms with E-state index >= 15 is 0 Å². The Morgan fingerprint density at radius 2 is 2.17 bits per heavy atom. The molecule has 0 radical (unpaired) electrons. The average molecular weight is 171 g/mol. The number of hydrogen-bond acceptors (Lipinski definition) is 3. The molecule has 2 aliphatic rings. The second kappa shape index (κ2) is 3.73. The summed E-state index contributed by atoms with van der Waals surface area (Å²) in [4.78, 5) is 5.19. The Morgan fingerprint density at radius 1 is 1.33 bits per heavy atom. The van der Waals surface area contributed by atoms with Crippen LogP contribution in [0.4, 0.5) is 0 Å². The maximum atomic E-state index is 5.76. The molecule has 2 bridgehead atoms. The van der Waals surface area contributed by atoms with Crippen molar-refractivity contribution in [1.29, 1.82) is 0 Å². The summed E-state index contributed by atoms with van der Waals surface area (Å²) in [6, 6.07) is 0.434. The lowest BCUT2D eigenvalue weighted by Gasteiger charge is -2.29. The minimum atomic E-state index is 0.412. The van der Waals surface area contributed by atoms with E-state index in [0.717, 1.165) is 6.61 Å². The zero-order valence-electron chi connectivity index (χ0n) is 7.58. The normalized spacial score (nSPS) is 40.2. The predicted molar refractivity (Wildman–Crippen MR) is 45.7 cm³/mol. The zero-order valence-corrected chi connectivity index (χ0v) is 7.58. The smallest absolute Gasteiger partial charge is 0.0755 e. The summed E-state index contributed by atoms with van der Waals surface area (Å²) < 4.78 is 5.76. The van der Waals surface area contributed by atoms with Crippen LogP contribution in [0, 0.1) is 0 Å². The van der Waals surface area contributed by atoms with Crippen LogP contribution in [0.3, 0.4) is 0 Å². The molecule has 2 heterocycles. The molecule has 0 aromatic heterocycles. The number of rotatable bonds is 3. The molecule has 3 atom stereocenters. The first-order valence-corrected chi connectivity index (χ1v) is 4.93. The van der Waals surface area contributed by atoms with E-state index in [1.54, 1.807) is 0 Å². The molecule has 12 heavy (non-hydrogen) atoms. The number of ether oxygens (including phenoxy) is 1.